The number of hydrogen-bond acceptors (Lipinski definition) is 2. The summed E-state index contributed by atoms with van der Waals surface area (Å²) in [4.78, 5) is 16.6. The first-order valence-electron chi connectivity index (χ1n) is 8.75. The first-order valence-corrected chi connectivity index (χ1v) is 8.75. The van der Waals surface area contributed by atoms with E-state index in [0.29, 0.717) is 11.3 Å². The molecule has 0 bridgehead atoms. The maximum atomic E-state index is 12.9. The lowest BCUT2D eigenvalue weighted by atomic mass is 9.98. The van der Waals surface area contributed by atoms with E-state index in [1.165, 1.54) is 12.1 Å². The van der Waals surface area contributed by atoms with Crippen LogP contribution in [0, 0.1) is 6.92 Å². The van der Waals surface area contributed by atoms with Crippen LogP contribution in [0.1, 0.15) is 29.7 Å². The van der Waals surface area contributed by atoms with Crippen LogP contribution in [0.5, 0.6) is 0 Å². The fraction of sp³-hybridized carbons (Fsp3) is 0.182. The van der Waals surface area contributed by atoms with Crippen LogP contribution in [0.15, 0.2) is 66.9 Å². The number of carbonyl (C=O) groups excluding carboxylic acids is 1. The van der Waals surface area contributed by atoms with Crippen LogP contribution < -0.4 is 5.32 Å². The molecule has 1 amide bonds. The summed E-state index contributed by atoms with van der Waals surface area (Å²) in [5.74, 6) is -1.09. The van der Waals surface area contributed by atoms with Gasteiger partial charge in [-0.1, -0.05) is 30.3 Å². The van der Waals surface area contributed by atoms with Crippen molar-refractivity contribution in [3.8, 4) is 11.1 Å². The van der Waals surface area contributed by atoms with Crippen LogP contribution in [0.2, 0.25) is 0 Å². The van der Waals surface area contributed by atoms with Gasteiger partial charge >= 0.3 is 6.18 Å². The van der Waals surface area contributed by atoms with Crippen LogP contribution in [0.3, 0.4) is 0 Å². The van der Waals surface area contributed by atoms with E-state index in [1.807, 2.05) is 31.2 Å². The van der Waals surface area contributed by atoms with E-state index >= 15 is 0 Å². The van der Waals surface area contributed by atoms with Crippen molar-refractivity contribution in [2.45, 2.75) is 25.9 Å². The first-order chi connectivity index (χ1) is 13.2. The zero-order valence-electron chi connectivity index (χ0n) is 15.4. The third-order valence-corrected chi connectivity index (χ3v) is 4.49. The average Bonchev–Trinajstić information content (AvgIpc) is 2.67. The van der Waals surface area contributed by atoms with Crippen LogP contribution >= 0.6 is 0 Å². The number of anilines is 1. The molecule has 0 unspecified atom stereocenters. The van der Waals surface area contributed by atoms with Crippen LogP contribution in [-0.4, -0.2) is 10.9 Å². The van der Waals surface area contributed by atoms with E-state index in [-0.39, 0.29) is 5.91 Å². The Balaban J connectivity index is 1.72. The van der Waals surface area contributed by atoms with Crippen molar-refractivity contribution in [2.75, 3.05) is 5.32 Å². The molecular weight excluding hydrogens is 365 g/mol. The Morgan fingerprint density at radius 3 is 2.36 bits per heavy atom. The summed E-state index contributed by atoms with van der Waals surface area (Å²) in [6.45, 7) is 3.49. The Hall–Kier alpha value is -3.15. The van der Waals surface area contributed by atoms with Gasteiger partial charge in [-0.3, -0.25) is 9.78 Å². The molecule has 0 saturated carbocycles. The minimum atomic E-state index is -4.44. The minimum absolute atomic E-state index is 0.316. The molecular formula is C22H19F3N2O. The molecule has 1 atom stereocenters. The molecule has 0 radical (unpaired) electrons. The van der Waals surface area contributed by atoms with E-state index < -0.39 is 17.7 Å². The number of nitrogens with one attached hydrogen (secondary N) is 1. The molecule has 144 valence electrons. The number of amides is 1. The van der Waals surface area contributed by atoms with Crippen LogP contribution in [-0.2, 0) is 11.0 Å². The molecule has 0 aliphatic carbocycles. The van der Waals surface area contributed by atoms with Crippen LogP contribution in [0.25, 0.3) is 11.1 Å². The molecule has 0 saturated heterocycles. The molecule has 0 spiro atoms. The number of aromatic nitrogens is 1. The fourth-order valence-corrected chi connectivity index (χ4v) is 2.86. The van der Waals surface area contributed by atoms with Crippen molar-refractivity contribution < 1.29 is 18.0 Å². The van der Waals surface area contributed by atoms with Gasteiger partial charge in [0, 0.05) is 17.6 Å². The molecule has 3 rings (SSSR count). The lowest BCUT2D eigenvalue weighted by molar-refractivity contribution is -0.137. The van der Waals surface area contributed by atoms with Crippen molar-refractivity contribution in [3.05, 3.63) is 83.7 Å². The predicted octanol–water partition coefficient (Wildman–Crippen LogP) is 5.82. The Morgan fingerprint density at radius 2 is 1.71 bits per heavy atom. The standard InChI is InChI=1S/C22H19F3N2O/c1-14-12-18(10-11-26-14)16-6-8-20(9-7-16)27-21(28)15(2)17-4-3-5-19(13-17)22(23,24)25/h3-13,15H,1-2H3,(H,27,28)/t15-/m1/s1. The lowest BCUT2D eigenvalue weighted by Gasteiger charge is -2.15. The van der Waals surface area contributed by atoms with Crippen molar-refractivity contribution in [1.82, 2.24) is 4.98 Å². The maximum Gasteiger partial charge on any atom is 0.416 e. The molecule has 6 heteroatoms. The van der Waals surface area contributed by atoms with Crippen molar-refractivity contribution in [1.29, 1.82) is 0 Å². The Kier molecular flexibility index (Phi) is 5.49. The number of carbonyl (C=O) groups is 1. The maximum absolute atomic E-state index is 12.9. The summed E-state index contributed by atoms with van der Waals surface area (Å²) in [5, 5.41) is 2.76. The third-order valence-electron chi connectivity index (χ3n) is 4.49. The van der Waals surface area contributed by atoms with Crippen molar-refractivity contribution in [2.24, 2.45) is 0 Å². The normalized spacial score (nSPS) is 12.5. The summed E-state index contributed by atoms with van der Waals surface area (Å²) < 4.78 is 38.6. The third kappa shape index (κ3) is 4.57. The van der Waals surface area contributed by atoms with Gasteiger partial charge in [0.05, 0.1) is 11.5 Å². The number of rotatable bonds is 4. The van der Waals surface area contributed by atoms with E-state index in [9.17, 15) is 18.0 Å². The second-order valence-corrected chi connectivity index (χ2v) is 6.60. The largest absolute Gasteiger partial charge is 0.416 e. The summed E-state index contributed by atoms with van der Waals surface area (Å²) in [5.41, 5.74) is 3.04. The van der Waals surface area contributed by atoms with Gasteiger partial charge in [-0.15, -0.1) is 0 Å². The topological polar surface area (TPSA) is 42.0 Å². The highest BCUT2D eigenvalue weighted by atomic mass is 19.4. The second-order valence-electron chi connectivity index (χ2n) is 6.60. The highest BCUT2D eigenvalue weighted by Crippen LogP contribution is 2.31. The molecule has 0 aliphatic rings. The number of alkyl halides is 3. The van der Waals surface area contributed by atoms with Gasteiger partial charge in [0.1, 0.15) is 0 Å². The monoisotopic (exact) mass is 384 g/mol. The highest BCUT2D eigenvalue weighted by molar-refractivity contribution is 5.95. The molecule has 3 nitrogen and oxygen atoms in total. The average molecular weight is 384 g/mol. The van der Waals surface area contributed by atoms with Gasteiger partial charge in [0.15, 0.2) is 0 Å². The SMILES string of the molecule is Cc1cc(-c2ccc(NC(=O)[C@H](C)c3cccc(C(F)(F)F)c3)cc2)ccn1. The van der Waals surface area contributed by atoms with Gasteiger partial charge in [-0.2, -0.15) is 13.2 Å². The fourth-order valence-electron chi connectivity index (χ4n) is 2.86. The summed E-state index contributed by atoms with van der Waals surface area (Å²) in [7, 11) is 0. The molecule has 28 heavy (non-hydrogen) atoms. The summed E-state index contributed by atoms with van der Waals surface area (Å²) in [6.07, 6.45) is -2.70. The van der Waals surface area contributed by atoms with Gasteiger partial charge in [0.25, 0.3) is 0 Å². The number of halogens is 3. The molecule has 3 aromatic rings. The molecule has 1 aromatic heterocycles. The second kappa shape index (κ2) is 7.84. The van der Waals surface area contributed by atoms with E-state index in [2.05, 4.69) is 10.3 Å². The van der Waals surface area contributed by atoms with E-state index in [0.717, 1.165) is 29.0 Å². The number of benzene rings is 2. The lowest BCUT2D eigenvalue weighted by Crippen LogP contribution is -2.19. The number of nitrogens with zero attached hydrogens (tertiary/aromatic N) is 1. The van der Waals surface area contributed by atoms with Crippen molar-refractivity contribution in [3.63, 3.8) is 0 Å². The predicted molar refractivity (Wildman–Crippen MR) is 103 cm³/mol. The van der Waals surface area contributed by atoms with Crippen molar-refractivity contribution >= 4 is 11.6 Å². The minimum Gasteiger partial charge on any atom is -0.326 e. The summed E-state index contributed by atoms with van der Waals surface area (Å²) >= 11 is 0. The van der Waals surface area contributed by atoms with Gasteiger partial charge in [-0.05, 0) is 60.9 Å². The molecule has 1 N–H and O–H groups in total. The Morgan fingerprint density at radius 1 is 1.00 bits per heavy atom. The Bertz CT molecular complexity index is 982. The molecule has 0 fully saturated rings. The number of hydrogen-bond donors (Lipinski definition) is 1. The Labute approximate surface area is 161 Å². The first kappa shape index (κ1) is 19.6. The smallest absolute Gasteiger partial charge is 0.326 e. The number of aryl methyl sites for hydroxylation is 1. The number of pyridine rings is 1. The van der Waals surface area contributed by atoms with Gasteiger partial charge < -0.3 is 5.32 Å². The molecule has 2 aromatic carbocycles. The zero-order valence-corrected chi connectivity index (χ0v) is 15.4. The quantitative estimate of drug-likeness (QED) is 0.616. The van der Waals surface area contributed by atoms with E-state index in [4.69, 9.17) is 0 Å². The van der Waals surface area contributed by atoms with E-state index in [1.54, 1.807) is 25.3 Å². The zero-order chi connectivity index (χ0) is 20.3. The highest BCUT2D eigenvalue weighted by Gasteiger charge is 2.31. The van der Waals surface area contributed by atoms with Crippen LogP contribution in [0.4, 0.5) is 18.9 Å². The summed E-state index contributed by atoms with van der Waals surface area (Å²) in [6, 6.07) is 16.0. The van der Waals surface area contributed by atoms with Gasteiger partial charge in [-0.25, -0.2) is 0 Å². The van der Waals surface area contributed by atoms with Gasteiger partial charge in [0.2, 0.25) is 5.91 Å². The molecule has 0 aliphatic heterocycles. The molecule has 1 heterocycles.